The highest BCUT2D eigenvalue weighted by molar-refractivity contribution is 8.12. The molecule has 154 valence electrons. The Labute approximate surface area is 180 Å². The fourth-order valence-electron chi connectivity index (χ4n) is 3.39. The molecule has 0 atom stereocenters. The predicted octanol–water partition coefficient (Wildman–Crippen LogP) is 4.55. The Morgan fingerprint density at radius 1 is 0.700 bits per heavy atom. The zero-order valence-corrected chi connectivity index (χ0v) is 18.1. The average Bonchev–Trinajstić information content (AvgIpc) is 3.17. The van der Waals surface area contributed by atoms with Gasteiger partial charge in [0.05, 0.1) is 9.79 Å². The molecule has 0 aliphatic rings. The van der Waals surface area contributed by atoms with E-state index in [4.69, 9.17) is 11.6 Å². The largest absolute Gasteiger partial charge is 0.361 e. The summed E-state index contributed by atoms with van der Waals surface area (Å²) < 4.78 is 51.8. The van der Waals surface area contributed by atoms with Crippen molar-refractivity contribution >= 4 is 42.2 Å². The first-order valence-corrected chi connectivity index (χ1v) is 12.4. The highest BCUT2D eigenvalue weighted by atomic mass is 35.5. The molecule has 0 aliphatic carbocycles. The van der Waals surface area contributed by atoms with Gasteiger partial charge in [0.1, 0.15) is 0 Å². The summed E-state index contributed by atoms with van der Waals surface area (Å²) in [6.45, 7) is 0. The number of halogens is 1. The molecule has 1 heterocycles. The van der Waals surface area contributed by atoms with Gasteiger partial charge in [0, 0.05) is 23.5 Å². The van der Waals surface area contributed by atoms with Gasteiger partial charge in [-0.2, -0.15) is 0 Å². The van der Waals surface area contributed by atoms with E-state index in [0.717, 1.165) is 5.52 Å². The number of aromatic nitrogens is 1. The highest BCUT2D eigenvalue weighted by Crippen LogP contribution is 2.42. The lowest BCUT2D eigenvalue weighted by Crippen LogP contribution is -2.43. The molecule has 4 aromatic rings. The van der Waals surface area contributed by atoms with Gasteiger partial charge in [-0.1, -0.05) is 66.2 Å². The lowest BCUT2D eigenvalue weighted by atomic mass is 10.1. The third kappa shape index (κ3) is 3.23. The number of aromatic amines is 1. The highest BCUT2D eigenvalue weighted by Gasteiger charge is 2.55. The maximum atomic E-state index is 13.6. The normalized spacial score (nSPS) is 12.8. The van der Waals surface area contributed by atoms with Crippen LogP contribution in [-0.4, -0.2) is 25.4 Å². The first-order chi connectivity index (χ1) is 14.3. The van der Waals surface area contributed by atoms with Crippen LogP contribution < -0.4 is 0 Å². The molecule has 0 bridgehead atoms. The lowest BCUT2D eigenvalue weighted by molar-refractivity contribution is 0.565. The maximum absolute atomic E-state index is 13.6. The molecule has 1 N–H and O–H groups in total. The van der Waals surface area contributed by atoms with E-state index in [1.165, 1.54) is 48.5 Å². The second kappa shape index (κ2) is 7.58. The molecule has 0 radical (unpaired) electrons. The van der Waals surface area contributed by atoms with Gasteiger partial charge in [0.2, 0.25) is 19.7 Å². The van der Waals surface area contributed by atoms with Crippen molar-refractivity contribution in [1.29, 1.82) is 0 Å². The number of nitrogens with one attached hydrogen (secondary N) is 1. The fourth-order valence-corrected chi connectivity index (χ4v) is 8.23. The smallest absolute Gasteiger partial charge is 0.258 e. The summed E-state index contributed by atoms with van der Waals surface area (Å²) in [5.74, 6) is 0. The molecule has 5 nitrogen and oxygen atoms in total. The molecule has 0 fully saturated rings. The van der Waals surface area contributed by atoms with Gasteiger partial charge >= 0.3 is 0 Å². The van der Waals surface area contributed by atoms with Crippen LogP contribution in [0.3, 0.4) is 0 Å². The van der Waals surface area contributed by atoms with Crippen LogP contribution in [-0.2, 0) is 26.1 Å². The second-order valence-electron chi connectivity index (χ2n) is 6.83. The van der Waals surface area contributed by atoms with Crippen LogP contribution in [0.1, 0.15) is 5.56 Å². The zero-order valence-electron chi connectivity index (χ0n) is 15.7. The van der Waals surface area contributed by atoms with E-state index in [2.05, 4.69) is 4.98 Å². The van der Waals surface area contributed by atoms with Crippen molar-refractivity contribution in [3.8, 4) is 0 Å². The van der Waals surface area contributed by atoms with Crippen LogP contribution in [0.2, 0.25) is 0 Å². The summed E-state index contributed by atoms with van der Waals surface area (Å²) in [5.41, 5.74) is 1.26. The Morgan fingerprint density at radius 3 is 1.70 bits per heavy atom. The van der Waals surface area contributed by atoms with Crippen LogP contribution in [0.25, 0.3) is 10.9 Å². The van der Waals surface area contributed by atoms with Gasteiger partial charge < -0.3 is 4.98 Å². The quantitative estimate of drug-likeness (QED) is 0.428. The van der Waals surface area contributed by atoms with E-state index < -0.39 is 29.6 Å². The molecule has 0 saturated heterocycles. The van der Waals surface area contributed by atoms with Crippen LogP contribution in [0.5, 0.6) is 0 Å². The average molecular weight is 460 g/mol. The molecular weight excluding hydrogens is 442 g/mol. The van der Waals surface area contributed by atoms with Crippen LogP contribution in [0, 0.1) is 0 Å². The second-order valence-corrected chi connectivity index (χ2v) is 12.5. The zero-order chi connectivity index (χ0) is 21.4. The molecule has 0 amide bonds. The van der Waals surface area contributed by atoms with Gasteiger partial charge in [-0.15, -0.1) is 0 Å². The van der Waals surface area contributed by atoms with Crippen LogP contribution >= 0.6 is 11.6 Å². The van der Waals surface area contributed by atoms with Crippen LogP contribution in [0.4, 0.5) is 0 Å². The van der Waals surface area contributed by atoms with Crippen molar-refractivity contribution in [3.05, 3.63) is 96.7 Å². The van der Waals surface area contributed by atoms with Crippen molar-refractivity contribution in [2.45, 2.75) is 19.8 Å². The minimum absolute atomic E-state index is 0.153. The van der Waals surface area contributed by atoms with E-state index in [-0.39, 0.29) is 9.79 Å². The van der Waals surface area contributed by atoms with Crippen molar-refractivity contribution in [1.82, 2.24) is 4.98 Å². The summed E-state index contributed by atoms with van der Waals surface area (Å²) in [6.07, 6.45) is 1.18. The topological polar surface area (TPSA) is 84.1 Å². The summed E-state index contributed by atoms with van der Waals surface area (Å²) >= 11 is 6.69. The van der Waals surface area contributed by atoms with Crippen LogP contribution in [0.15, 0.2) is 101 Å². The van der Waals surface area contributed by atoms with Crippen molar-refractivity contribution in [2.75, 3.05) is 0 Å². The number of para-hydroxylation sites is 1. The van der Waals surface area contributed by atoms with E-state index >= 15 is 0 Å². The minimum Gasteiger partial charge on any atom is -0.361 e. The SMILES string of the molecule is O=S(=O)(c1ccccc1)C(Cl)(Cc1c[nH]c2ccccc12)S(=O)(=O)c1ccccc1. The maximum Gasteiger partial charge on any atom is 0.258 e. The van der Waals surface area contributed by atoms with Crippen molar-refractivity contribution < 1.29 is 16.8 Å². The van der Waals surface area contributed by atoms with Crippen molar-refractivity contribution in [2.24, 2.45) is 0 Å². The molecule has 8 heteroatoms. The lowest BCUT2D eigenvalue weighted by Gasteiger charge is -2.27. The molecule has 0 saturated carbocycles. The summed E-state index contributed by atoms with van der Waals surface area (Å²) in [5, 5.41) is 0.717. The summed E-state index contributed by atoms with van der Waals surface area (Å²) in [6, 6.07) is 22.1. The Kier molecular flexibility index (Phi) is 5.22. The van der Waals surface area contributed by atoms with E-state index in [9.17, 15) is 16.8 Å². The molecule has 0 aliphatic heterocycles. The predicted molar refractivity (Wildman–Crippen MR) is 118 cm³/mol. The Hall–Kier alpha value is -2.61. The summed E-state index contributed by atoms with van der Waals surface area (Å²) in [7, 11) is -8.98. The van der Waals surface area contributed by atoms with E-state index in [0.29, 0.717) is 10.9 Å². The number of rotatable bonds is 6. The molecule has 0 unspecified atom stereocenters. The third-order valence-corrected chi connectivity index (χ3v) is 11.3. The molecule has 4 rings (SSSR count). The number of hydrogen-bond donors (Lipinski definition) is 1. The molecule has 30 heavy (non-hydrogen) atoms. The Balaban J connectivity index is 1.96. The fraction of sp³-hybridized carbons (Fsp3) is 0.0909. The minimum atomic E-state index is -4.49. The number of fused-ring (bicyclic) bond motifs is 1. The van der Waals surface area contributed by atoms with E-state index in [1.807, 2.05) is 12.1 Å². The van der Waals surface area contributed by atoms with E-state index in [1.54, 1.807) is 30.5 Å². The molecule has 1 aromatic heterocycles. The Bertz CT molecular complexity index is 1330. The van der Waals surface area contributed by atoms with Gasteiger partial charge in [-0.3, -0.25) is 0 Å². The van der Waals surface area contributed by atoms with Gasteiger partial charge in [-0.25, -0.2) is 16.8 Å². The monoisotopic (exact) mass is 459 g/mol. The molecule has 3 aromatic carbocycles. The number of hydrogen-bond acceptors (Lipinski definition) is 4. The van der Waals surface area contributed by atoms with Crippen molar-refractivity contribution in [3.63, 3.8) is 0 Å². The number of alkyl halides is 1. The Morgan fingerprint density at radius 2 is 1.17 bits per heavy atom. The number of sulfone groups is 2. The third-order valence-electron chi connectivity index (χ3n) is 4.99. The molecule has 0 spiro atoms. The first kappa shape index (κ1) is 20.7. The van der Waals surface area contributed by atoms with Gasteiger partial charge in [-0.05, 0) is 35.9 Å². The summed E-state index contributed by atoms with van der Waals surface area (Å²) in [4.78, 5) is 2.74. The standard InChI is InChI=1S/C22H18ClNO4S2/c23-22(29(25,26)18-9-3-1-4-10-18,30(27,28)19-11-5-2-6-12-19)15-17-16-24-21-14-8-7-13-20(17)21/h1-14,16,24H,15H2. The number of H-pyrrole nitrogens is 1. The number of benzene rings is 3. The van der Waals surface area contributed by atoms with Gasteiger partial charge in [0.25, 0.3) is 3.54 Å². The molecular formula is C22H18ClNO4S2. The van der Waals surface area contributed by atoms with Gasteiger partial charge in [0.15, 0.2) is 0 Å². The first-order valence-electron chi connectivity index (χ1n) is 9.11.